The number of rotatable bonds is 6. The van der Waals surface area contributed by atoms with Crippen LogP contribution in [0.25, 0.3) is 0 Å². The fraction of sp³-hybridized carbons (Fsp3) is 0.240. The van der Waals surface area contributed by atoms with Crippen LogP contribution in [0.15, 0.2) is 72.8 Å². The minimum atomic E-state index is -0.517. The van der Waals surface area contributed by atoms with Crippen LogP contribution in [0.4, 0.5) is 0 Å². The van der Waals surface area contributed by atoms with Gasteiger partial charge in [0, 0.05) is 6.42 Å². The molecule has 2 aliphatic rings. The molecule has 5 heteroatoms. The van der Waals surface area contributed by atoms with E-state index in [1.807, 2.05) is 66.7 Å². The molecule has 3 aromatic carbocycles. The Kier molecular flexibility index (Phi) is 5.11. The van der Waals surface area contributed by atoms with Gasteiger partial charge in [0.1, 0.15) is 18.5 Å². The number of epoxide rings is 1. The molecule has 0 unspecified atom stereocenters. The lowest BCUT2D eigenvalue weighted by Gasteiger charge is -2.10. The first-order valence-electron chi connectivity index (χ1n) is 10.1. The number of ether oxygens (including phenoxy) is 4. The van der Waals surface area contributed by atoms with Gasteiger partial charge in [-0.25, -0.2) is 0 Å². The second-order valence-electron chi connectivity index (χ2n) is 7.37. The molecule has 2 aliphatic heterocycles. The quantitative estimate of drug-likeness (QED) is 0.440. The molecule has 3 aromatic rings. The van der Waals surface area contributed by atoms with Gasteiger partial charge in [0.25, 0.3) is 0 Å². The van der Waals surface area contributed by atoms with Crippen molar-refractivity contribution in [1.29, 1.82) is 0 Å². The normalized spacial score (nSPS) is 19.6. The Morgan fingerprint density at radius 2 is 1.67 bits per heavy atom. The lowest BCUT2D eigenvalue weighted by molar-refractivity contribution is 0.0949. The Morgan fingerprint density at radius 1 is 0.900 bits per heavy atom. The number of fused-ring (bicyclic) bond motifs is 1. The van der Waals surface area contributed by atoms with E-state index in [0.717, 1.165) is 23.3 Å². The molecule has 5 rings (SSSR count). The predicted molar refractivity (Wildman–Crippen MR) is 111 cm³/mol. The minimum Gasteiger partial charge on any atom is -0.490 e. The monoisotopic (exact) mass is 402 g/mol. The Bertz CT molecular complexity index is 1050. The van der Waals surface area contributed by atoms with Crippen molar-refractivity contribution in [3.05, 3.63) is 89.5 Å². The lowest BCUT2D eigenvalue weighted by Crippen LogP contribution is -2.11. The maximum absolute atomic E-state index is 13.1. The van der Waals surface area contributed by atoms with Crippen LogP contribution in [0.2, 0.25) is 0 Å². The van der Waals surface area contributed by atoms with Gasteiger partial charge in [0.05, 0.1) is 18.8 Å². The first-order chi connectivity index (χ1) is 14.8. The van der Waals surface area contributed by atoms with E-state index in [4.69, 9.17) is 18.9 Å². The van der Waals surface area contributed by atoms with Crippen molar-refractivity contribution < 1.29 is 23.7 Å². The predicted octanol–water partition coefficient (Wildman–Crippen LogP) is 4.75. The zero-order valence-corrected chi connectivity index (χ0v) is 16.5. The molecule has 0 radical (unpaired) electrons. The fourth-order valence-corrected chi connectivity index (χ4v) is 3.61. The molecule has 2 atom stereocenters. The van der Waals surface area contributed by atoms with Gasteiger partial charge >= 0.3 is 0 Å². The van der Waals surface area contributed by atoms with Crippen molar-refractivity contribution in [2.24, 2.45) is 0 Å². The summed E-state index contributed by atoms with van der Waals surface area (Å²) in [6.45, 7) is 1.67. The average Bonchev–Trinajstić information content (AvgIpc) is 3.61. The van der Waals surface area contributed by atoms with E-state index >= 15 is 0 Å². The fourth-order valence-electron chi connectivity index (χ4n) is 3.61. The highest BCUT2D eigenvalue weighted by molar-refractivity contribution is 6.03. The summed E-state index contributed by atoms with van der Waals surface area (Å²) >= 11 is 0. The summed E-state index contributed by atoms with van der Waals surface area (Å²) in [5, 5.41) is 0. The van der Waals surface area contributed by atoms with Gasteiger partial charge < -0.3 is 18.9 Å². The zero-order chi connectivity index (χ0) is 20.3. The van der Waals surface area contributed by atoms with E-state index < -0.39 is 6.10 Å². The molecule has 152 valence electrons. The molecule has 0 amide bonds. The maximum atomic E-state index is 13.1. The topological polar surface area (TPSA) is 57.3 Å². The van der Waals surface area contributed by atoms with Crippen LogP contribution in [0.5, 0.6) is 17.2 Å². The highest BCUT2D eigenvalue weighted by atomic mass is 16.6. The van der Waals surface area contributed by atoms with E-state index in [2.05, 4.69) is 0 Å². The number of Topliss-reactive ketones (excluding diaryl/α,β-unsaturated/α-hetero) is 1. The van der Waals surface area contributed by atoms with E-state index in [0.29, 0.717) is 36.9 Å². The van der Waals surface area contributed by atoms with Crippen molar-refractivity contribution in [2.45, 2.75) is 25.2 Å². The zero-order valence-electron chi connectivity index (χ0n) is 16.5. The third kappa shape index (κ3) is 3.89. The van der Waals surface area contributed by atoms with Gasteiger partial charge in [-0.15, -0.1) is 0 Å². The van der Waals surface area contributed by atoms with E-state index in [9.17, 15) is 4.79 Å². The summed E-state index contributed by atoms with van der Waals surface area (Å²) in [7, 11) is 0. The number of ketones is 1. The summed E-state index contributed by atoms with van der Waals surface area (Å²) < 4.78 is 23.1. The highest BCUT2D eigenvalue weighted by Gasteiger charge is 2.47. The third-order valence-electron chi connectivity index (χ3n) is 5.24. The molecule has 0 saturated carbocycles. The van der Waals surface area contributed by atoms with Gasteiger partial charge in [-0.05, 0) is 35.4 Å². The summed E-state index contributed by atoms with van der Waals surface area (Å²) in [5.41, 5.74) is 2.50. The third-order valence-corrected chi connectivity index (χ3v) is 5.24. The van der Waals surface area contributed by atoms with Crippen LogP contribution >= 0.6 is 0 Å². The van der Waals surface area contributed by atoms with Gasteiger partial charge in [0.15, 0.2) is 23.4 Å². The van der Waals surface area contributed by atoms with Crippen LogP contribution in [0.1, 0.15) is 34.0 Å². The van der Waals surface area contributed by atoms with E-state index in [-0.39, 0.29) is 11.9 Å². The second kappa shape index (κ2) is 8.20. The molecular formula is C25H22O5. The van der Waals surface area contributed by atoms with Crippen molar-refractivity contribution in [1.82, 2.24) is 0 Å². The molecular weight excluding hydrogens is 380 g/mol. The Labute approximate surface area is 175 Å². The maximum Gasteiger partial charge on any atom is 0.198 e. The first-order valence-corrected chi connectivity index (χ1v) is 10.1. The SMILES string of the molecule is O=C(c1ccccc1OCc1ccccc1)[C@H]1O[C@@H]1c1ccc2c(c1)OCCCO2. The number of para-hydroxylation sites is 1. The van der Waals surface area contributed by atoms with Crippen molar-refractivity contribution in [2.75, 3.05) is 13.2 Å². The molecule has 1 saturated heterocycles. The highest BCUT2D eigenvalue weighted by Crippen LogP contribution is 2.44. The standard InChI is InChI=1S/C25H22O5/c26-23(19-9-4-5-10-20(19)29-16-17-7-2-1-3-8-17)25-24(30-25)18-11-12-21-22(15-18)28-14-6-13-27-21/h1-5,7-12,15,24-25H,6,13-14,16H2/t24-,25-/m1/s1. The molecule has 1 fully saturated rings. The number of carbonyl (C=O) groups excluding carboxylic acids is 1. The lowest BCUT2D eigenvalue weighted by atomic mass is 10.0. The minimum absolute atomic E-state index is 0.0734. The van der Waals surface area contributed by atoms with Crippen LogP contribution in [-0.2, 0) is 11.3 Å². The van der Waals surface area contributed by atoms with Gasteiger partial charge in [0.2, 0.25) is 0 Å². The summed E-state index contributed by atoms with van der Waals surface area (Å²) in [6, 6.07) is 22.9. The average molecular weight is 402 g/mol. The van der Waals surface area contributed by atoms with Crippen LogP contribution in [-0.4, -0.2) is 25.1 Å². The van der Waals surface area contributed by atoms with Crippen molar-refractivity contribution >= 4 is 5.78 Å². The molecule has 0 N–H and O–H groups in total. The van der Waals surface area contributed by atoms with Crippen molar-refractivity contribution in [3.63, 3.8) is 0 Å². The van der Waals surface area contributed by atoms with Gasteiger partial charge in [-0.3, -0.25) is 4.79 Å². The van der Waals surface area contributed by atoms with Crippen LogP contribution < -0.4 is 14.2 Å². The molecule has 5 nitrogen and oxygen atoms in total. The molecule has 2 heterocycles. The number of carbonyl (C=O) groups is 1. The smallest absolute Gasteiger partial charge is 0.198 e. The number of benzene rings is 3. The Hall–Kier alpha value is -3.31. The molecule has 0 bridgehead atoms. The molecule has 0 aliphatic carbocycles. The van der Waals surface area contributed by atoms with E-state index in [1.165, 1.54) is 0 Å². The van der Waals surface area contributed by atoms with Crippen molar-refractivity contribution in [3.8, 4) is 17.2 Å². The van der Waals surface area contributed by atoms with Gasteiger partial charge in [-0.2, -0.15) is 0 Å². The number of hydrogen-bond acceptors (Lipinski definition) is 5. The largest absolute Gasteiger partial charge is 0.490 e. The Morgan fingerprint density at radius 3 is 2.53 bits per heavy atom. The van der Waals surface area contributed by atoms with Crippen LogP contribution in [0, 0.1) is 0 Å². The molecule has 30 heavy (non-hydrogen) atoms. The van der Waals surface area contributed by atoms with Gasteiger partial charge in [-0.1, -0.05) is 48.5 Å². The van der Waals surface area contributed by atoms with E-state index in [1.54, 1.807) is 6.07 Å². The first kappa shape index (κ1) is 18.7. The molecule has 0 spiro atoms. The summed E-state index contributed by atoms with van der Waals surface area (Å²) in [6.07, 6.45) is 0.0539. The Balaban J connectivity index is 1.30. The second-order valence-corrected chi connectivity index (χ2v) is 7.37. The summed E-state index contributed by atoms with van der Waals surface area (Å²) in [4.78, 5) is 13.1. The van der Waals surface area contributed by atoms with Crippen LogP contribution in [0.3, 0.4) is 0 Å². The number of hydrogen-bond donors (Lipinski definition) is 0. The summed E-state index contributed by atoms with van der Waals surface area (Å²) in [5.74, 6) is 1.94. The molecule has 0 aromatic heterocycles.